The van der Waals surface area contributed by atoms with Crippen LogP contribution < -0.4 is 9.47 Å². The van der Waals surface area contributed by atoms with Gasteiger partial charge in [0.25, 0.3) is 5.91 Å². The second-order valence-electron chi connectivity index (χ2n) is 7.20. The lowest BCUT2D eigenvalue weighted by Gasteiger charge is -2.22. The number of aldehydes is 1. The highest BCUT2D eigenvalue weighted by atomic mass is 35.5. The fourth-order valence-electron chi connectivity index (χ4n) is 3.60. The minimum absolute atomic E-state index is 0.253. The number of amides is 1. The van der Waals surface area contributed by atoms with E-state index in [0.717, 1.165) is 22.6 Å². The van der Waals surface area contributed by atoms with Crippen LogP contribution in [0.2, 0.25) is 5.02 Å². The lowest BCUT2D eigenvalue weighted by molar-refractivity contribution is -0.135. The van der Waals surface area contributed by atoms with Gasteiger partial charge in [0.15, 0.2) is 12.9 Å². The molecule has 0 N–H and O–H groups in total. The van der Waals surface area contributed by atoms with Crippen molar-refractivity contribution in [3.8, 4) is 11.5 Å². The van der Waals surface area contributed by atoms with E-state index in [9.17, 15) is 9.59 Å². The van der Waals surface area contributed by atoms with Crippen LogP contribution in [0, 0.1) is 0 Å². The summed E-state index contributed by atoms with van der Waals surface area (Å²) in [6.07, 6.45) is 1.20. The number of ether oxygens (including phenoxy) is 2. The molecule has 1 atom stereocenters. The van der Waals surface area contributed by atoms with Gasteiger partial charge in [0.05, 0.1) is 24.4 Å². The van der Waals surface area contributed by atoms with Crippen molar-refractivity contribution in [1.82, 2.24) is 5.01 Å². The average molecular weight is 449 g/mol. The highest BCUT2D eigenvalue weighted by molar-refractivity contribution is 6.34. The molecule has 1 aliphatic heterocycles. The molecular formula is C25H21ClN2O4. The van der Waals surface area contributed by atoms with Crippen LogP contribution in [0.1, 0.15) is 33.9 Å². The zero-order valence-corrected chi connectivity index (χ0v) is 18.2. The fourth-order valence-corrected chi connectivity index (χ4v) is 3.84. The lowest BCUT2D eigenvalue weighted by Crippen LogP contribution is -2.31. The van der Waals surface area contributed by atoms with E-state index in [0.29, 0.717) is 29.0 Å². The van der Waals surface area contributed by atoms with E-state index in [-0.39, 0.29) is 18.6 Å². The van der Waals surface area contributed by atoms with Crippen LogP contribution in [0.25, 0.3) is 0 Å². The van der Waals surface area contributed by atoms with Crippen molar-refractivity contribution in [3.63, 3.8) is 0 Å². The summed E-state index contributed by atoms with van der Waals surface area (Å²) in [5.74, 6) is 0.755. The van der Waals surface area contributed by atoms with Gasteiger partial charge in [-0.25, -0.2) is 5.01 Å². The molecule has 0 aromatic heterocycles. The van der Waals surface area contributed by atoms with Crippen molar-refractivity contribution in [2.75, 3.05) is 13.7 Å². The number of nitrogens with zero attached hydrogens (tertiary/aromatic N) is 2. The Balaban J connectivity index is 1.61. The number of hydrogen-bond donors (Lipinski definition) is 0. The van der Waals surface area contributed by atoms with Crippen molar-refractivity contribution >= 4 is 29.5 Å². The number of halogens is 1. The van der Waals surface area contributed by atoms with Crippen LogP contribution in [0.4, 0.5) is 0 Å². The van der Waals surface area contributed by atoms with E-state index in [1.165, 1.54) is 5.01 Å². The van der Waals surface area contributed by atoms with Crippen molar-refractivity contribution in [2.45, 2.75) is 12.5 Å². The van der Waals surface area contributed by atoms with E-state index in [1.54, 1.807) is 37.4 Å². The van der Waals surface area contributed by atoms with E-state index in [2.05, 4.69) is 5.10 Å². The van der Waals surface area contributed by atoms with Gasteiger partial charge in [0, 0.05) is 17.0 Å². The van der Waals surface area contributed by atoms with Gasteiger partial charge in [-0.3, -0.25) is 9.59 Å². The van der Waals surface area contributed by atoms with Gasteiger partial charge >= 0.3 is 0 Å². The predicted molar refractivity (Wildman–Crippen MR) is 123 cm³/mol. The maximum Gasteiger partial charge on any atom is 0.281 e. The first-order valence-corrected chi connectivity index (χ1v) is 10.4. The smallest absolute Gasteiger partial charge is 0.281 e. The number of hydrazone groups is 1. The van der Waals surface area contributed by atoms with Crippen LogP contribution in [-0.2, 0) is 4.79 Å². The van der Waals surface area contributed by atoms with Crippen LogP contribution in [0.15, 0.2) is 77.9 Å². The third-order valence-corrected chi connectivity index (χ3v) is 5.58. The summed E-state index contributed by atoms with van der Waals surface area (Å²) in [5.41, 5.74) is 2.81. The van der Waals surface area contributed by atoms with E-state index in [4.69, 9.17) is 21.1 Å². The van der Waals surface area contributed by atoms with Crippen molar-refractivity contribution in [1.29, 1.82) is 0 Å². The van der Waals surface area contributed by atoms with Gasteiger partial charge in [-0.15, -0.1) is 0 Å². The summed E-state index contributed by atoms with van der Waals surface area (Å²) in [6, 6.07) is 21.4. The summed E-state index contributed by atoms with van der Waals surface area (Å²) in [5, 5.41) is 6.62. The van der Waals surface area contributed by atoms with E-state index < -0.39 is 0 Å². The minimum Gasteiger partial charge on any atom is -0.497 e. The Morgan fingerprint density at radius 2 is 1.81 bits per heavy atom. The maximum absolute atomic E-state index is 13.1. The number of carbonyl (C=O) groups is 2. The number of benzene rings is 3. The highest BCUT2D eigenvalue weighted by Crippen LogP contribution is 2.35. The Morgan fingerprint density at radius 3 is 2.53 bits per heavy atom. The molecule has 1 unspecified atom stereocenters. The lowest BCUT2D eigenvalue weighted by atomic mass is 9.98. The van der Waals surface area contributed by atoms with Gasteiger partial charge in [0.1, 0.15) is 11.5 Å². The molecule has 1 amide bonds. The first-order valence-electron chi connectivity index (χ1n) is 10.1. The van der Waals surface area contributed by atoms with Crippen molar-refractivity contribution in [2.24, 2.45) is 5.10 Å². The third-order valence-electron chi connectivity index (χ3n) is 5.25. The Morgan fingerprint density at radius 1 is 1.09 bits per heavy atom. The number of methoxy groups -OCH3 is 1. The zero-order chi connectivity index (χ0) is 22.5. The average Bonchev–Trinajstić information content (AvgIpc) is 3.28. The van der Waals surface area contributed by atoms with Gasteiger partial charge in [-0.1, -0.05) is 54.1 Å². The standard InChI is InChI=1S/C25H21ClN2O4/c1-31-19-12-10-17(11-13-19)23-14-22(20-7-3-4-8-21(20)26)27-28(23)25(30)16-32-24-9-5-2-6-18(24)15-29/h2-13,15,23H,14,16H2,1H3. The molecule has 0 fully saturated rings. The van der Waals surface area contributed by atoms with Gasteiger partial charge in [-0.2, -0.15) is 5.10 Å². The van der Waals surface area contributed by atoms with Gasteiger partial charge in [-0.05, 0) is 35.9 Å². The predicted octanol–water partition coefficient (Wildman–Crippen LogP) is 4.92. The summed E-state index contributed by atoms with van der Waals surface area (Å²) in [6.45, 7) is -0.253. The number of hydrogen-bond acceptors (Lipinski definition) is 5. The number of rotatable bonds is 7. The molecule has 162 valence electrons. The molecule has 3 aromatic carbocycles. The molecule has 6 nitrogen and oxygen atoms in total. The van der Waals surface area contributed by atoms with Gasteiger partial charge < -0.3 is 9.47 Å². The molecule has 7 heteroatoms. The van der Waals surface area contributed by atoms with Crippen LogP contribution in [-0.4, -0.2) is 36.6 Å². The molecular weight excluding hydrogens is 428 g/mol. The molecule has 4 rings (SSSR count). The van der Waals surface area contributed by atoms with E-state index in [1.807, 2.05) is 42.5 Å². The first kappa shape index (κ1) is 21.6. The Bertz CT molecular complexity index is 1160. The highest BCUT2D eigenvalue weighted by Gasteiger charge is 2.34. The SMILES string of the molecule is COc1ccc(C2CC(c3ccccc3Cl)=NN2C(=O)COc2ccccc2C=O)cc1. The molecule has 1 heterocycles. The number of carbonyl (C=O) groups excluding carboxylic acids is 2. The summed E-state index contributed by atoms with van der Waals surface area (Å²) in [7, 11) is 1.60. The normalized spacial score (nSPS) is 15.2. The molecule has 0 saturated heterocycles. The summed E-state index contributed by atoms with van der Waals surface area (Å²) in [4.78, 5) is 24.4. The van der Waals surface area contributed by atoms with Crippen LogP contribution >= 0.6 is 11.6 Å². The third kappa shape index (κ3) is 4.50. The summed E-state index contributed by atoms with van der Waals surface area (Å²) >= 11 is 6.38. The minimum atomic E-state index is -0.325. The monoisotopic (exact) mass is 448 g/mol. The molecule has 0 radical (unpaired) electrons. The van der Waals surface area contributed by atoms with Crippen LogP contribution in [0.3, 0.4) is 0 Å². The molecule has 0 bridgehead atoms. The number of para-hydroxylation sites is 1. The summed E-state index contributed by atoms with van der Waals surface area (Å²) < 4.78 is 10.9. The molecule has 3 aromatic rings. The first-order chi connectivity index (χ1) is 15.6. The Kier molecular flexibility index (Phi) is 6.52. The topological polar surface area (TPSA) is 68.2 Å². The fraction of sp³-hybridized carbons (Fsp3) is 0.160. The molecule has 32 heavy (non-hydrogen) atoms. The zero-order valence-electron chi connectivity index (χ0n) is 17.4. The molecule has 0 saturated carbocycles. The van der Waals surface area contributed by atoms with Gasteiger partial charge in [0.2, 0.25) is 0 Å². The second kappa shape index (κ2) is 9.66. The van der Waals surface area contributed by atoms with E-state index >= 15 is 0 Å². The van der Waals surface area contributed by atoms with Crippen molar-refractivity contribution in [3.05, 3.63) is 94.5 Å². The second-order valence-corrected chi connectivity index (χ2v) is 7.61. The molecule has 0 aliphatic carbocycles. The molecule has 0 spiro atoms. The van der Waals surface area contributed by atoms with Crippen LogP contribution in [0.5, 0.6) is 11.5 Å². The maximum atomic E-state index is 13.1. The van der Waals surface area contributed by atoms with Crippen molar-refractivity contribution < 1.29 is 19.1 Å². The molecule has 1 aliphatic rings. The largest absolute Gasteiger partial charge is 0.497 e. The Hall–Kier alpha value is -3.64. The Labute approximate surface area is 191 Å². The quantitative estimate of drug-likeness (QED) is 0.481.